The molecule has 0 unspecified atom stereocenters. The zero-order valence-corrected chi connectivity index (χ0v) is 13.5. The summed E-state index contributed by atoms with van der Waals surface area (Å²) in [5, 5.41) is 1.94. The Balaban J connectivity index is 2.03. The maximum Gasteiger partial charge on any atom is 0.417 e. The van der Waals surface area contributed by atoms with Crippen LogP contribution in [0.5, 0.6) is 5.75 Å². The van der Waals surface area contributed by atoms with Gasteiger partial charge in [-0.25, -0.2) is 0 Å². The number of hydrogen-bond acceptors (Lipinski definition) is 2. The van der Waals surface area contributed by atoms with Crippen molar-refractivity contribution in [3.63, 3.8) is 0 Å². The van der Waals surface area contributed by atoms with Crippen LogP contribution in [0.25, 0.3) is 0 Å². The van der Waals surface area contributed by atoms with E-state index in [4.69, 9.17) is 16.3 Å². The lowest BCUT2D eigenvalue weighted by atomic mass is 10.1. The molecule has 0 aromatic heterocycles. The maximum atomic E-state index is 12.8. The molecule has 0 aliphatic rings. The molecule has 128 valence electrons. The Kier molecular flexibility index (Phi) is 5.72. The van der Waals surface area contributed by atoms with Gasteiger partial charge in [0.15, 0.2) is 6.61 Å². The summed E-state index contributed by atoms with van der Waals surface area (Å²) in [6.07, 6.45) is -3.85. The Morgan fingerprint density at radius 3 is 2.58 bits per heavy atom. The van der Waals surface area contributed by atoms with E-state index in [1.165, 1.54) is 6.07 Å². The van der Waals surface area contributed by atoms with Crippen molar-refractivity contribution in [2.24, 2.45) is 0 Å². The Hall–Kier alpha value is -2.21. The van der Waals surface area contributed by atoms with Gasteiger partial charge in [-0.3, -0.25) is 4.79 Å². The van der Waals surface area contributed by atoms with Crippen molar-refractivity contribution in [2.75, 3.05) is 11.9 Å². The number of ether oxygens (including phenoxy) is 1. The van der Waals surface area contributed by atoms with Gasteiger partial charge in [-0.15, -0.1) is 0 Å². The van der Waals surface area contributed by atoms with E-state index < -0.39 is 22.7 Å². The van der Waals surface area contributed by atoms with E-state index in [9.17, 15) is 18.0 Å². The molecule has 0 heterocycles. The first-order chi connectivity index (χ1) is 11.3. The number of alkyl halides is 3. The van der Waals surface area contributed by atoms with E-state index in [1.807, 2.05) is 19.1 Å². The number of para-hydroxylation sites is 1. The highest BCUT2D eigenvalue weighted by Gasteiger charge is 2.33. The highest BCUT2D eigenvalue weighted by atomic mass is 35.5. The number of carbonyl (C=O) groups is 1. The minimum absolute atomic E-state index is 0.00380. The summed E-state index contributed by atoms with van der Waals surface area (Å²) in [5.41, 5.74) is -0.0561. The minimum atomic E-state index is -4.59. The molecule has 24 heavy (non-hydrogen) atoms. The number of carbonyl (C=O) groups excluding carboxylic acids is 1. The van der Waals surface area contributed by atoms with Crippen LogP contribution in [0.3, 0.4) is 0 Å². The first kappa shape index (κ1) is 18.1. The van der Waals surface area contributed by atoms with Crippen molar-refractivity contribution in [3.8, 4) is 5.75 Å². The number of halogens is 4. The average Bonchev–Trinajstić information content (AvgIpc) is 2.54. The number of hydrogen-bond donors (Lipinski definition) is 1. The SMILES string of the molecule is CCc1ccccc1OCC(=O)Nc1ccc(Cl)c(C(F)(F)F)c1. The molecule has 2 aromatic carbocycles. The lowest BCUT2D eigenvalue weighted by Gasteiger charge is -2.13. The van der Waals surface area contributed by atoms with Gasteiger partial charge in [0, 0.05) is 5.69 Å². The van der Waals surface area contributed by atoms with Crippen LogP contribution in [0.4, 0.5) is 18.9 Å². The highest BCUT2D eigenvalue weighted by molar-refractivity contribution is 6.31. The molecular weight excluding hydrogens is 343 g/mol. The van der Waals surface area contributed by atoms with Gasteiger partial charge in [0.1, 0.15) is 5.75 Å². The predicted octanol–water partition coefficient (Wildman–Crippen LogP) is 4.94. The summed E-state index contributed by atoms with van der Waals surface area (Å²) >= 11 is 5.53. The molecule has 3 nitrogen and oxygen atoms in total. The Morgan fingerprint density at radius 2 is 1.92 bits per heavy atom. The number of nitrogens with one attached hydrogen (secondary N) is 1. The summed E-state index contributed by atoms with van der Waals surface area (Å²) in [5.74, 6) is 0.0126. The van der Waals surface area contributed by atoms with Crippen LogP contribution < -0.4 is 10.1 Å². The van der Waals surface area contributed by atoms with Gasteiger partial charge in [-0.2, -0.15) is 13.2 Å². The third-order valence-electron chi connectivity index (χ3n) is 3.27. The van der Waals surface area contributed by atoms with Gasteiger partial charge in [0.05, 0.1) is 10.6 Å². The Morgan fingerprint density at radius 1 is 1.21 bits per heavy atom. The van der Waals surface area contributed by atoms with Crippen LogP contribution >= 0.6 is 11.6 Å². The number of benzene rings is 2. The van der Waals surface area contributed by atoms with Crippen LogP contribution in [0, 0.1) is 0 Å². The summed E-state index contributed by atoms with van der Waals surface area (Å²) in [4.78, 5) is 11.9. The lowest BCUT2D eigenvalue weighted by molar-refractivity contribution is -0.137. The minimum Gasteiger partial charge on any atom is -0.483 e. The van der Waals surface area contributed by atoms with Crippen molar-refractivity contribution in [3.05, 3.63) is 58.6 Å². The fourth-order valence-corrected chi connectivity index (χ4v) is 2.32. The Labute approximate surface area is 142 Å². The van der Waals surface area contributed by atoms with Crippen molar-refractivity contribution >= 4 is 23.2 Å². The molecule has 0 spiro atoms. The molecule has 2 aromatic rings. The van der Waals surface area contributed by atoms with Crippen LogP contribution in [-0.4, -0.2) is 12.5 Å². The topological polar surface area (TPSA) is 38.3 Å². The van der Waals surface area contributed by atoms with Crippen molar-refractivity contribution < 1.29 is 22.7 Å². The van der Waals surface area contributed by atoms with Gasteiger partial charge < -0.3 is 10.1 Å². The molecule has 7 heteroatoms. The first-order valence-electron chi connectivity index (χ1n) is 7.18. The average molecular weight is 358 g/mol. The molecule has 1 N–H and O–H groups in total. The van der Waals surface area contributed by atoms with E-state index in [0.29, 0.717) is 5.75 Å². The molecule has 0 radical (unpaired) electrons. The molecule has 0 saturated heterocycles. The van der Waals surface area contributed by atoms with E-state index in [-0.39, 0.29) is 12.3 Å². The lowest BCUT2D eigenvalue weighted by Crippen LogP contribution is -2.21. The van der Waals surface area contributed by atoms with Crippen molar-refractivity contribution in [2.45, 2.75) is 19.5 Å². The fraction of sp³-hybridized carbons (Fsp3) is 0.235. The number of anilines is 1. The summed E-state index contributed by atoms with van der Waals surface area (Å²) in [7, 11) is 0. The molecular formula is C17H15ClF3NO2. The standard InChI is InChI=1S/C17H15ClF3NO2/c1-2-11-5-3-4-6-15(11)24-10-16(23)22-12-7-8-14(18)13(9-12)17(19,20)21/h3-9H,2,10H2,1H3,(H,22,23). The fourth-order valence-electron chi connectivity index (χ4n) is 2.10. The van der Waals surface area contributed by atoms with E-state index >= 15 is 0 Å². The summed E-state index contributed by atoms with van der Waals surface area (Å²) < 4.78 is 43.8. The molecule has 0 aliphatic heterocycles. The normalized spacial score (nSPS) is 11.2. The second kappa shape index (κ2) is 7.57. The number of aryl methyl sites for hydroxylation is 1. The molecule has 1 amide bonds. The predicted molar refractivity (Wildman–Crippen MR) is 86.4 cm³/mol. The van der Waals surface area contributed by atoms with Crippen LogP contribution in [-0.2, 0) is 17.4 Å². The van der Waals surface area contributed by atoms with E-state index in [1.54, 1.807) is 12.1 Å². The molecule has 0 fully saturated rings. The quantitative estimate of drug-likeness (QED) is 0.823. The van der Waals surface area contributed by atoms with Crippen molar-refractivity contribution in [1.82, 2.24) is 0 Å². The van der Waals surface area contributed by atoms with Crippen LogP contribution in [0.2, 0.25) is 5.02 Å². The van der Waals surface area contributed by atoms with Gasteiger partial charge in [0.25, 0.3) is 5.91 Å². The van der Waals surface area contributed by atoms with Crippen LogP contribution in [0.15, 0.2) is 42.5 Å². The largest absolute Gasteiger partial charge is 0.483 e. The second-order valence-corrected chi connectivity index (χ2v) is 5.40. The molecule has 2 rings (SSSR count). The molecule has 0 saturated carbocycles. The second-order valence-electron chi connectivity index (χ2n) is 4.99. The molecule has 0 aliphatic carbocycles. The van der Waals surface area contributed by atoms with Gasteiger partial charge in [-0.05, 0) is 36.2 Å². The smallest absolute Gasteiger partial charge is 0.417 e. The zero-order valence-electron chi connectivity index (χ0n) is 12.8. The molecule has 0 bridgehead atoms. The van der Waals surface area contributed by atoms with Gasteiger partial charge in [0.2, 0.25) is 0 Å². The van der Waals surface area contributed by atoms with Gasteiger partial charge in [-0.1, -0.05) is 36.7 Å². The first-order valence-corrected chi connectivity index (χ1v) is 7.56. The molecule has 0 atom stereocenters. The zero-order chi connectivity index (χ0) is 17.7. The van der Waals surface area contributed by atoms with E-state index in [2.05, 4.69) is 5.32 Å². The third kappa shape index (κ3) is 4.64. The number of rotatable bonds is 5. The Bertz CT molecular complexity index is 732. The summed E-state index contributed by atoms with van der Waals surface area (Å²) in [6.45, 7) is 1.65. The number of amides is 1. The monoisotopic (exact) mass is 357 g/mol. The van der Waals surface area contributed by atoms with Crippen molar-refractivity contribution in [1.29, 1.82) is 0 Å². The highest BCUT2D eigenvalue weighted by Crippen LogP contribution is 2.36. The third-order valence-corrected chi connectivity index (χ3v) is 3.60. The van der Waals surface area contributed by atoms with E-state index in [0.717, 1.165) is 24.1 Å². The maximum absolute atomic E-state index is 12.8. The van der Waals surface area contributed by atoms with Crippen LogP contribution in [0.1, 0.15) is 18.1 Å². The van der Waals surface area contributed by atoms with Gasteiger partial charge >= 0.3 is 6.18 Å². The summed E-state index contributed by atoms with van der Waals surface area (Å²) in [6, 6.07) is 10.4.